The van der Waals surface area contributed by atoms with E-state index in [-0.39, 0.29) is 29.5 Å². The first-order chi connectivity index (χ1) is 15.8. The standard InChI is InChI=1S/C29H34O4/c1-18(31)19-4-6-20(7-5-19)25-17-28(2)26(12-14-29(28,33)13-3-15-30)24-10-8-21-16-22(32)9-11-23(21)27(24)25/h3-7,13,16,24-26,30,33H,8-12,14-15,17H2,1-2H3/t24-,25?,26-,28-,29?/m0/s1. The summed E-state index contributed by atoms with van der Waals surface area (Å²) in [6, 6.07) is 8.00. The zero-order valence-electron chi connectivity index (χ0n) is 19.6. The van der Waals surface area contributed by atoms with Crippen LogP contribution < -0.4 is 0 Å². The topological polar surface area (TPSA) is 74.6 Å². The highest BCUT2D eigenvalue weighted by atomic mass is 16.3. The first-order valence-electron chi connectivity index (χ1n) is 12.4. The van der Waals surface area contributed by atoms with E-state index < -0.39 is 5.60 Å². The molecule has 0 aromatic heterocycles. The zero-order valence-corrected chi connectivity index (χ0v) is 19.6. The average Bonchev–Trinajstić information content (AvgIpc) is 3.07. The van der Waals surface area contributed by atoms with Crippen molar-refractivity contribution in [1.82, 2.24) is 0 Å². The zero-order chi connectivity index (χ0) is 23.4. The number of hydrogen-bond donors (Lipinski definition) is 2. The molecular formula is C29H34O4. The number of carbonyl (C=O) groups is 2. The maximum absolute atomic E-state index is 12.2. The minimum Gasteiger partial charge on any atom is -0.392 e. The van der Waals surface area contributed by atoms with Gasteiger partial charge in [0.25, 0.3) is 0 Å². The van der Waals surface area contributed by atoms with Crippen LogP contribution in [0.4, 0.5) is 0 Å². The van der Waals surface area contributed by atoms with Crippen LogP contribution in [0.15, 0.2) is 59.2 Å². The monoisotopic (exact) mass is 446 g/mol. The van der Waals surface area contributed by atoms with Gasteiger partial charge in [-0.3, -0.25) is 9.59 Å². The fourth-order valence-corrected chi connectivity index (χ4v) is 7.47. The highest BCUT2D eigenvalue weighted by Crippen LogP contribution is 2.67. The van der Waals surface area contributed by atoms with Gasteiger partial charge in [-0.15, -0.1) is 0 Å². The van der Waals surface area contributed by atoms with Crippen molar-refractivity contribution in [3.8, 4) is 0 Å². The van der Waals surface area contributed by atoms with E-state index in [0.717, 1.165) is 32.1 Å². The Bertz CT molecular complexity index is 1080. The van der Waals surface area contributed by atoms with Crippen molar-refractivity contribution in [2.24, 2.45) is 17.3 Å². The van der Waals surface area contributed by atoms with E-state index in [2.05, 4.69) is 19.1 Å². The number of aliphatic hydroxyl groups is 2. The number of rotatable bonds is 4. The third-order valence-electron chi connectivity index (χ3n) is 9.17. The van der Waals surface area contributed by atoms with Gasteiger partial charge in [-0.1, -0.05) is 48.9 Å². The molecule has 2 N–H and O–H groups in total. The van der Waals surface area contributed by atoms with Crippen molar-refractivity contribution in [1.29, 1.82) is 0 Å². The van der Waals surface area contributed by atoms with Crippen LogP contribution in [0.2, 0.25) is 0 Å². The minimum absolute atomic E-state index is 0.0603. The smallest absolute Gasteiger partial charge is 0.159 e. The summed E-state index contributed by atoms with van der Waals surface area (Å²) in [5.41, 5.74) is 4.74. The molecule has 4 aliphatic rings. The number of carbonyl (C=O) groups excluding carboxylic acids is 2. The van der Waals surface area contributed by atoms with E-state index in [4.69, 9.17) is 0 Å². The molecule has 0 radical (unpaired) electrons. The average molecular weight is 447 g/mol. The van der Waals surface area contributed by atoms with Gasteiger partial charge in [-0.05, 0) is 80.1 Å². The second-order valence-electron chi connectivity index (χ2n) is 10.7. The maximum Gasteiger partial charge on any atom is 0.159 e. The fraction of sp³-hybridized carbons (Fsp3) is 0.517. The first-order valence-corrected chi connectivity index (χ1v) is 12.4. The molecule has 5 atom stereocenters. The highest BCUT2D eigenvalue weighted by Gasteiger charge is 2.61. The summed E-state index contributed by atoms with van der Waals surface area (Å²) in [5, 5.41) is 21.2. The van der Waals surface area contributed by atoms with Crippen LogP contribution in [0, 0.1) is 17.3 Å². The Kier molecular flexibility index (Phi) is 5.57. The molecule has 4 heteroatoms. The SMILES string of the molecule is CC(=O)c1ccc(C2C[C@@]3(C)[C@@H](CCC3(O)C=CCO)[C@@H]3CCC4=CC(=O)CCC4=C23)cc1. The summed E-state index contributed by atoms with van der Waals surface area (Å²) >= 11 is 0. The van der Waals surface area contributed by atoms with Crippen LogP contribution >= 0.6 is 0 Å². The highest BCUT2D eigenvalue weighted by molar-refractivity contribution is 5.94. The molecule has 2 fully saturated rings. The summed E-state index contributed by atoms with van der Waals surface area (Å²) in [7, 11) is 0. The van der Waals surface area contributed by atoms with Crippen LogP contribution in [0.3, 0.4) is 0 Å². The Morgan fingerprint density at radius 3 is 2.61 bits per heavy atom. The quantitative estimate of drug-likeness (QED) is 0.500. The predicted molar refractivity (Wildman–Crippen MR) is 128 cm³/mol. The molecule has 0 aliphatic heterocycles. The van der Waals surface area contributed by atoms with Crippen LogP contribution in [-0.4, -0.2) is 34.0 Å². The molecule has 174 valence electrons. The summed E-state index contributed by atoms with van der Waals surface area (Å²) in [6.07, 6.45) is 11.2. The second kappa shape index (κ2) is 8.18. The van der Waals surface area contributed by atoms with E-state index in [1.165, 1.54) is 22.3 Å². The van der Waals surface area contributed by atoms with Gasteiger partial charge >= 0.3 is 0 Å². The Hall–Kier alpha value is -2.30. The molecule has 33 heavy (non-hydrogen) atoms. The van der Waals surface area contributed by atoms with Crippen LogP contribution in [-0.2, 0) is 4.79 Å². The lowest BCUT2D eigenvalue weighted by Crippen LogP contribution is -2.50. The molecule has 2 saturated carbocycles. The van der Waals surface area contributed by atoms with Crippen molar-refractivity contribution < 1.29 is 19.8 Å². The number of aliphatic hydroxyl groups excluding tert-OH is 1. The largest absolute Gasteiger partial charge is 0.392 e. The molecule has 4 nitrogen and oxygen atoms in total. The third kappa shape index (κ3) is 3.50. The summed E-state index contributed by atoms with van der Waals surface area (Å²) in [6.45, 7) is 3.76. The molecule has 0 heterocycles. The van der Waals surface area contributed by atoms with E-state index in [9.17, 15) is 19.8 Å². The molecule has 2 unspecified atom stereocenters. The van der Waals surface area contributed by atoms with Gasteiger partial charge < -0.3 is 10.2 Å². The number of ketones is 2. The number of Topliss-reactive ketones (excluding diaryl/α,β-unsaturated/α-hetero) is 1. The molecule has 4 aliphatic carbocycles. The van der Waals surface area contributed by atoms with Crippen LogP contribution in [0.1, 0.15) is 80.6 Å². The van der Waals surface area contributed by atoms with Gasteiger partial charge in [0.15, 0.2) is 11.6 Å². The molecule has 0 bridgehead atoms. The maximum atomic E-state index is 12.2. The van der Waals surface area contributed by atoms with E-state index >= 15 is 0 Å². The molecule has 0 saturated heterocycles. The molecular weight excluding hydrogens is 412 g/mol. The van der Waals surface area contributed by atoms with Crippen molar-refractivity contribution in [2.45, 2.75) is 70.3 Å². The van der Waals surface area contributed by atoms with Crippen molar-refractivity contribution in [3.63, 3.8) is 0 Å². The van der Waals surface area contributed by atoms with E-state index in [1.54, 1.807) is 13.0 Å². The van der Waals surface area contributed by atoms with Crippen molar-refractivity contribution >= 4 is 11.6 Å². The number of fused-ring (bicyclic) bond motifs is 4. The lowest BCUT2D eigenvalue weighted by atomic mass is 9.51. The fourth-order valence-electron chi connectivity index (χ4n) is 7.47. The van der Waals surface area contributed by atoms with Gasteiger partial charge in [-0.25, -0.2) is 0 Å². The van der Waals surface area contributed by atoms with Crippen LogP contribution in [0.5, 0.6) is 0 Å². The number of allylic oxidation sites excluding steroid dienone is 4. The van der Waals surface area contributed by atoms with Crippen molar-refractivity contribution in [2.75, 3.05) is 6.61 Å². The lowest BCUT2D eigenvalue weighted by molar-refractivity contribution is -0.114. The Balaban J connectivity index is 1.66. The van der Waals surface area contributed by atoms with E-state index in [0.29, 0.717) is 30.2 Å². The van der Waals surface area contributed by atoms with Gasteiger partial charge in [0.1, 0.15) is 0 Å². The normalized spacial score (nSPS) is 35.8. The summed E-state index contributed by atoms with van der Waals surface area (Å²) in [5.74, 6) is 1.21. The molecule has 1 aromatic rings. The Morgan fingerprint density at radius 2 is 1.91 bits per heavy atom. The third-order valence-corrected chi connectivity index (χ3v) is 9.17. The molecule has 5 rings (SSSR count). The summed E-state index contributed by atoms with van der Waals surface area (Å²) < 4.78 is 0. The van der Waals surface area contributed by atoms with Gasteiger partial charge in [0, 0.05) is 23.3 Å². The first kappa shape index (κ1) is 22.5. The van der Waals surface area contributed by atoms with Gasteiger partial charge in [0.05, 0.1) is 12.2 Å². The van der Waals surface area contributed by atoms with E-state index in [1.807, 2.05) is 24.3 Å². The van der Waals surface area contributed by atoms with Gasteiger partial charge in [0.2, 0.25) is 0 Å². The second-order valence-corrected chi connectivity index (χ2v) is 10.7. The Morgan fingerprint density at radius 1 is 1.15 bits per heavy atom. The molecule has 0 spiro atoms. The Labute approximate surface area is 196 Å². The minimum atomic E-state index is -0.938. The molecule has 1 aromatic carbocycles. The van der Waals surface area contributed by atoms with Crippen LogP contribution in [0.25, 0.3) is 0 Å². The van der Waals surface area contributed by atoms with Crippen molar-refractivity contribution in [3.05, 3.63) is 70.3 Å². The van der Waals surface area contributed by atoms with Gasteiger partial charge in [-0.2, -0.15) is 0 Å². The number of hydrogen-bond acceptors (Lipinski definition) is 4. The molecule has 0 amide bonds. The predicted octanol–water partition coefficient (Wildman–Crippen LogP) is 5.07. The summed E-state index contributed by atoms with van der Waals surface area (Å²) in [4.78, 5) is 24.0. The number of benzene rings is 1. The lowest BCUT2D eigenvalue weighted by Gasteiger charge is -2.54.